The lowest BCUT2D eigenvalue weighted by Gasteiger charge is -2.18. The van der Waals surface area contributed by atoms with E-state index in [0.29, 0.717) is 76.1 Å². The summed E-state index contributed by atoms with van der Waals surface area (Å²) in [5.74, 6) is -1.69. The molecule has 13 heteroatoms. The Morgan fingerprint density at radius 3 is 2.17 bits per heavy atom. The van der Waals surface area contributed by atoms with Gasteiger partial charge in [0.1, 0.15) is 0 Å². The summed E-state index contributed by atoms with van der Waals surface area (Å²) in [5.41, 5.74) is 8.41. The molecule has 2 aliphatic heterocycles. The Morgan fingerprint density at radius 2 is 1.51 bits per heavy atom. The largest absolute Gasteiger partial charge is 0.469 e. The van der Waals surface area contributed by atoms with Gasteiger partial charge in [0.05, 0.1) is 54.6 Å². The average molecular weight is 741 g/mol. The number of esters is 2. The number of nitrogens with zero attached hydrogens (tertiary/aromatic N) is 3. The highest BCUT2D eigenvalue weighted by atomic mass is 32.1. The Morgan fingerprint density at radius 1 is 0.887 bits per heavy atom. The lowest BCUT2D eigenvalue weighted by molar-refractivity contribution is -0.141. The van der Waals surface area contributed by atoms with E-state index in [0.717, 1.165) is 28.9 Å². The van der Waals surface area contributed by atoms with Crippen molar-refractivity contribution in [1.82, 2.24) is 25.3 Å². The Kier molecular flexibility index (Phi) is 12.4. The molecular weight excluding hydrogens is 693 g/mol. The fraction of sp³-hybridized carbons (Fsp3) is 0.475. The van der Waals surface area contributed by atoms with E-state index in [-0.39, 0.29) is 54.2 Å². The van der Waals surface area contributed by atoms with Crippen LogP contribution in [0, 0.1) is 13.8 Å². The van der Waals surface area contributed by atoms with Crippen LogP contribution in [0.1, 0.15) is 137 Å². The third-order valence-electron chi connectivity index (χ3n) is 10.7. The van der Waals surface area contributed by atoms with Gasteiger partial charge in [-0.05, 0) is 81.6 Å². The van der Waals surface area contributed by atoms with Gasteiger partial charge in [0.15, 0.2) is 5.78 Å². The van der Waals surface area contributed by atoms with Crippen LogP contribution in [0.4, 0.5) is 0 Å². The number of aromatic amines is 2. The van der Waals surface area contributed by atoms with Crippen LogP contribution in [0.5, 0.6) is 0 Å². The molecule has 12 nitrogen and oxygen atoms in total. The summed E-state index contributed by atoms with van der Waals surface area (Å²) in [7, 11) is 2.67. The number of methoxy groups -OCH3 is 2. The quantitative estimate of drug-likeness (QED) is 0.0571. The summed E-state index contributed by atoms with van der Waals surface area (Å²) in [4.78, 5) is 74.2. The number of ketones is 1. The number of isothiocyanates is 1. The topological polar surface area (TPSA) is 168 Å². The molecule has 5 heterocycles. The molecule has 53 heavy (non-hydrogen) atoms. The summed E-state index contributed by atoms with van der Waals surface area (Å²) >= 11 is 4.68. The molecule has 8 bridgehead atoms. The molecule has 280 valence electrons. The van der Waals surface area contributed by atoms with Gasteiger partial charge >= 0.3 is 11.9 Å². The molecule has 0 aromatic carbocycles. The number of nitrogens with one attached hydrogen (secondary N) is 3. The summed E-state index contributed by atoms with van der Waals surface area (Å²) in [6, 6.07) is 5.89. The predicted octanol–water partition coefficient (Wildman–Crippen LogP) is 7.21. The monoisotopic (exact) mass is 740 g/mol. The van der Waals surface area contributed by atoms with E-state index in [1.54, 1.807) is 6.92 Å². The van der Waals surface area contributed by atoms with E-state index in [2.05, 4.69) is 51.5 Å². The highest BCUT2D eigenvalue weighted by Gasteiger charge is 2.34. The maximum absolute atomic E-state index is 14.2. The summed E-state index contributed by atoms with van der Waals surface area (Å²) < 4.78 is 10.2. The molecule has 3 aromatic heterocycles. The number of ether oxygens (including phenoxy) is 2. The van der Waals surface area contributed by atoms with E-state index in [1.165, 1.54) is 14.2 Å². The van der Waals surface area contributed by atoms with E-state index < -0.39 is 5.97 Å². The molecule has 0 spiro atoms. The van der Waals surface area contributed by atoms with Crippen molar-refractivity contribution < 1.29 is 28.7 Å². The molecule has 3 N–H and O–H groups in total. The van der Waals surface area contributed by atoms with Crippen molar-refractivity contribution >= 4 is 63.1 Å². The number of Topliss-reactive ketones (excluding diaryl/α,β-unsaturated/α-hetero) is 1. The fourth-order valence-electron chi connectivity index (χ4n) is 7.72. The number of thiocarbonyl (C=S) groups is 1. The number of fused-ring (bicyclic) bond motifs is 8. The van der Waals surface area contributed by atoms with Crippen LogP contribution in [0.2, 0.25) is 0 Å². The molecular formula is C40H48N6O6S. The van der Waals surface area contributed by atoms with Gasteiger partial charge in [-0.15, -0.1) is 0 Å². The Hall–Kier alpha value is -5.00. The zero-order chi connectivity index (χ0) is 38.6. The minimum absolute atomic E-state index is 0.0540. The SMILES string of the molecule is CC[C@H]1c2cc3[nH]c(c(CC(=O)OC)c4nc(cc5[nH]c(cc(n2)[C@@H]1C)c(C(C)=O)c5C)[C@@H](C)[C@@H]4CCC(=O)OC)c(C(=O)NCCCN=C=S)c3C. The summed E-state index contributed by atoms with van der Waals surface area (Å²) in [5, 5.41) is 5.37. The van der Waals surface area contributed by atoms with E-state index in [1.807, 2.05) is 39.0 Å². The molecule has 2 aliphatic rings. The number of rotatable bonds is 12. The molecule has 5 rings (SSSR count). The van der Waals surface area contributed by atoms with Crippen molar-refractivity contribution in [1.29, 1.82) is 0 Å². The maximum atomic E-state index is 14.2. The van der Waals surface area contributed by atoms with Gasteiger partial charge in [-0.2, -0.15) is 0 Å². The molecule has 4 atom stereocenters. The van der Waals surface area contributed by atoms with Crippen molar-refractivity contribution in [3.05, 3.63) is 68.8 Å². The third-order valence-corrected chi connectivity index (χ3v) is 10.9. The smallest absolute Gasteiger partial charge is 0.310 e. The van der Waals surface area contributed by atoms with Gasteiger partial charge in [0, 0.05) is 75.9 Å². The summed E-state index contributed by atoms with van der Waals surface area (Å²) in [6.07, 6.45) is 1.69. The third kappa shape index (κ3) is 8.01. The first-order chi connectivity index (χ1) is 25.3. The minimum atomic E-state index is -0.512. The number of carbonyl (C=O) groups is 4. The zero-order valence-corrected chi connectivity index (χ0v) is 32.5. The predicted molar refractivity (Wildman–Crippen MR) is 207 cm³/mol. The van der Waals surface area contributed by atoms with Crippen molar-refractivity contribution in [3.63, 3.8) is 0 Å². The van der Waals surface area contributed by atoms with Crippen molar-refractivity contribution in [2.75, 3.05) is 27.3 Å². The number of aliphatic imine (C=N–C) groups is 1. The van der Waals surface area contributed by atoms with E-state index >= 15 is 0 Å². The number of hydrogen-bond donors (Lipinski definition) is 3. The summed E-state index contributed by atoms with van der Waals surface area (Å²) in [6.45, 7) is 12.4. The molecule has 0 unspecified atom stereocenters. The molecule has 1 amide bonds. The fourth-order valence-corrected chi connectivity index (χ4v) is 7.81. The molecule has 0 aliphatic carbocycles. The first-order valence-electron chi connectivity index (χ1n) is 18.1. The van der Waals surface area contributed by atoms with Gasteiger partial charge in [-0.3, -0.25) is 29.1 Å². The van der Waals surface area contributed by atoms with Crippen LogP contribution in [-0.2, 0) is 25.5 Å². The Labute approximate surface area is 314 Å². The van der Waals surface area contributed by atoms with Crippen LogP contribution >= 0.6 is 12.2 Å². The molecule has 0 saturated carbocycles. The Bertz CT molecular complexity index is 2160. The van der Waals surface area contributed by atoms with Crippen molar-refractivity contribution in [3.8, 4) is 0 Å². The highest BCUT2D eigenvalue weighted by molar-refractivity contribution is 7.78. The highest BCUT2D eigenvalue weighted by Crippen LogP contribution is 2.43. The molecule has 0 radical (unpaired) electrons. The number of H-pyrrole nitrogens is 2. The van der Waals surface area contributed by atoms with Gasteiger partial charge in [-0.25, -0.2) is 4.99 Å². The van der Waals surface area contributed by atoms with Gasteiger partial charge < -0.3 is 24.8 Å². The minimum Gasteiger partial charge on any atom is -0.469 e. The van der Waals surface area contributed by atoms with Gasteiger partial charge in [0.25, 0.3) is 5.91 Å². The van der Waals surface area contributed by atoms with Crippen LogP contribution in [-0.4, -0.2) is 76.0 Å². The molecule has 0 saturated heterocycles. The lowest BCUT2D eigenvalue weighted by atomic mass is 9.85. The average Bonchev–Trinajstić information content (AvgIpc) is 3.82. The van der Waals surface area contributed by atoms with E-state index in [9.17, 15) is 19.2 Å². The normalized spacial score (nSPS) is 17.9. The first-order valence-corrected chi connectivity index (χ1v) is 18.5. The van der Waals surface area contributed by atoms with Crippen molar-refractivity contribution in [2.24, 2.45) is 4.99 Å². The van der Waals surface area contributed by atoms with Crippen LogP contribution in [0.25, 0.3) is 22.1 Å². The van der Waals surface area contributed by atoms with Gasteiger partial charge in [-0.1, -0.05) is 20.8 Å². The van der Waals surface area contributed by atoms with Crippen molar-refractivity contribution in [2.45, 2.75) is 97.3 Å². The second kappa shape index (κ2) is 16.8. The standard InChI is InChI=1S/C40H48N6O6S/c1-9-25-20(2)28-18-33-36(24(6)47)22(4)30(44-33)16-29-21(3)26(11-12-34(48)51-7)38(45-29)27(15-35(49)52-8)39-37(40(50)42-14-10-13-41-19-53)23(5)31(46-39)17-32(25)43-28/h16-18,20-21,25-26,44,46H,9-15H2,1-8H3,(H,42,50)/t20-,21+,25-,26+/m1/s1. The maximum Gasteiger partial charge on any atom is 0.310 e. The second-order valence-corrected chi connectivity index (χ2v) is 14.0. The zero-order valence-electron chi connectivity index (χ0n) is 31.7. The van der Waals surface area contributed by atoms with Crippen LogP contribution < -0.4 is 5.32 Å². The molecule has 0 fully saturated rings. The number of aromatic nitrogens is 4. The molecule has 3 aromatic rings. The number of hydrogen-bond acceptors (Lipinski definition) is 10. The first kappa shape index (κ1) is 39.2. The number of carbonyl (C=O) groups excluding carboxylic acids is 4. The van der Waals surface area contributed by atoms with Gasteiger partial charge in [0.2, 0.25) is 0 Å². The Balaban J connectivity index is 1.96. The lowest BCUT2D eigenvalue weighted by Crippen LogP contribution is -2.25. The number of amides is 1. The second-order valence-electron chi connectivity index (χ2n) is 13.9. The number of aryl methyl sites for hydroxylation is 2. The van der Waals surface area contributed by atoms with Crippen LogP contribution in [0.15, 0.2) is 23.2 Å². The van der Waals surface area contributed by atoms with Crippen LogP contribution in [0.3, 0.4) is 0 Å². The van der Waals surface area contributed by atoms with E-state index in [4.69, 9.17) is 19.4 Å².